The van der Waals surface area contributed by atoms with Gasteiger partial charge in [-0.3, -0.25) is 0 Å². The molecule has 2 amide bonds. The molecule has 4 heteroatoms. The van der Waals surface area contributed by atoms with Crippen molar-refractivity contribution in [1.29, 1.82) is 0 Å². The predicted molar refractivity (Wildman–Crippen MR) is 61.4 cm³/mol. The van der Waals surface area contributed by atoms with Gasteiger partial charge < -0.3 is 10.0 Å². The molecular formula is C9H22N2OS. The fourth-order valence-electron chi connectivity index (χ4n) is 0.649. The van der Waals surface area contributed by atoms with Crippen LogP contribution in [-0.4, -0.2) is 24.6 Å². The lowest BCUT2D eigenvalue weighted by Gasteiger charge is -2.28. The number of nitrogens with one attached hydrogen (secondary N) is 2. The van der Waals surface area contributed by atoms with Crippen molar-refractivity contribution in [3.05, 3.63) is 0 Å². The number of hydrogen-bond acceptors (Lipinski definition) is 1. The molecule has 3 nitrogen and oxygen atoms in total. The molecule has 0 radical (unpaired) electrons. The smallest absolute Gasteiger partial charge is 0.323 e. The van der Waals surface area contributed by atoms with Gasteiger partial charge in [-0.15, -0.1) is 0 Å². The summed E-state index contributed by atoms with van der Waals surface area (Å²) in [4.78, 5) is 11.3. The first kappa shape index (κ1) is 12.6. The van der Waals surface area contributed by atoms with Crippen LogP contribution in [0.1, 0.15) is 27.7 Å². The second-order valence-electron chi connectivity index (χ2n) is 4.57. The number of thiol groups is 1. The molecule has 0 aliphatic heterocycles. The van der Waals surface area contributed by atoms with Crippen LogP contribution < -0.4 is 10.0 Å². The molecule has 0 saturated carbocycles. The summed E-state index contributed by atoms with van der Waals surface area (Å²) in [5.41, 5.74) is 0.113. The van der Waals surface area contributed by atoms with E-state index in [0.29, 0.717) is 0 Å². The van der Waals surface area contributed by atoms with Crippen molar-refractivity contribution in [3.63, 3.8) is 0 Å². The molecule has 0 aromatic heterocycles. The minimum atomic E-state index is -0.368. The fraction of sp³-hybridized carbons (Fsp3) is 0.889. The highest BCUT2D eigenvalue weighted by molar-refractivity contribution is 8.14. The van der Waals surface area contributed by atoms with E-state index in [4.69, 9.17) is 0 Å². The zero-order chi connectivity index (χ0) is 10.6. The predicted octanol–water partition coefficient (Wildman–Crippen LogP) is 1.90. The second-order valence-corrected chi connectivity index (χ2v) is 6.58. The zero-order valence-corrected chi connectivity index (χ0v) is 10.3. The number of carbonyl (C=O) groups excluding carboxylic acids is 1. The number of urea groups is 1. The Balaban J connectivity index is 3.93. The first-order chi connectivity index (χ1) is 5.73. The van der Waals surface area contributed by atoms with Crippen molar-refractivity contribution >= 4 is 17.1 Å². The summed E-state index contributed by atoms with van der Waals surface area (Å²) in [5.74, 6) is 0. The van der Waals surface area contributed by atoms with Crippen LogP contribution in [0, 0.1) is 5.41 Å². The van der Waals surface area contributed by atoms with Crippen LogP contribution in [-0.2, 0) is 0 Å². The summed E-state index contributed by atoms with van der Waals surface area (Å²) >= 11 is -0.368. The van der Waals surface area contributed by atoms with Gasteiger partial charge in [0.2, 0.25) is 0 Å². The Kier molecular flexibility index (Phi) is 4.61. The highest BCUT2D eigenvalue weighted by Crippen LogP contribution is 2.18. The molecule has 0 saturated heterocycles. The lowest BCUT2D eigenvalue weighted by Crippen LogP contribution is -2.45. The Bertz CT molecular complexity index is 175. The van der Waals surface area contributed by atoms with Crippen LogP contribution in [0.2, 0.25) is 0 Å². The maximum atomic E-state index is 11.3. The van der Waals surface area contributed by atoms with Gasteiger partial charge >= 0.3 is 6.03 Å². The molecule has 0 fully saturated rings. The number of carbonyl (C=O) groups is 1. The minimum Gasteiger partial charge on any atom is -0.335 e. The Morgan fingerprint density at radius 2 is 1.77 bits per heavy atom. The summed E-state index contributed by atoms with van der Waals surface area (Å²) in [6.07, 6.45) is 4.02. The molecule has 0 aliphatic carbocycles. The summed E-state index contributed by atoms with van der Waals surface area (Å²) in [6.45, 7) is 8.35. The lowest BCUT2D eigenvalue weighted by atomic mass is 9.88. The van der Waals surface area contributed by atoms with Gasteiger partial charge in [-0.25, -0.2) is 4.79 Å². The van der Waals surface area contributed by atoms with E-state index in [1.165, 1.54) is 0 Å². The van der Waals surface area contributed by atoms with E-state index in [0.717, 1.165) is 0 Å². The zero-order valence-electron chi connectivity index (χ0n) is 9.43. The van der Waals surface area contributed by atoms with Crippen LogP contribution in [0.4, 0.5) is 4.79 Å². The molecule has 0 rings (SSSR count). The molecule has 0 spiro atoms. The van der Waals surface area contributed by atoms with Crippen LogP contribution in [0.5, 0.6) is 0 Å². The van der Waals surface area contributed by atoms with E-state index in [1.807, 2.05) is 19.4 Å². The van der Waals surface area contributed by atoms with Gasteiger partial charge in [0.15, 0.2) is 0 Å². The molecule has 13 heavy (non-hydrogen) atoms. The molecular weight excluding hydrogens is 184 g/mol. The quantitative estimate of drug-likeness (QED) is 0.593. The molecule has 1 atom stereocenters. The van der Waals surface area contributed by atoms with Crippen molar-refractivity contribution in [1.82, 2.24) is 10.0 Å². The van der Waals surface area contributed by atoms with Gasteiger partial charge in [0.05, 0.1) is 0 Å². The Labute approximate surface area is 84.1 Å². The van der Waals surface area contributed by atoms with Gasteiger partial charge in [0.25, 0.3) is 0 Å². The van der Waals surface area contributed by atoms with Crippen LogP contribution >= 0.6 is 11.1 Å². The van der Waals surface area contributed by atoms with Crippen molar-refractivity contribution in [3.8, 4) is 0 Å². The normalized spacial score (nSPS) is 14.8. The topological polar surface area (TPSA) is 41.1 Å². The summed E-state index contributed by atoms with van der Waals surface area (Å²) in [6, 6.07) is 0.126. The molecule has 80 valence electrons. The summed E-state index contributed by atoms with van der Waals surface area (Å²) < 4.78 is 2.86. The number of rotatable bonds is 2. The minimum absolute atomic E-state index is 0.0569. The van der Waals surface area contributed by atoms with Gasteiger partial charge in [0, 0.05) is 6.04 Å². The van der Waals surface area contributed by atoms with E-state index < -0.39 is 0 Å². The van der Waals surface area contributed by atoms with Crippen molar-refractivity contribution in [2.45, 2.75) is 33.7 Å². The fourth-order valence-corrected chi connectivity index (χ4v) is 1.12. The number of amides is 2. The largest absolute Gasteiger partial charge is 0.335 e. The first-order valence-electron chi connectivity index (χ1n) is 4.48. The van der Waals surface area contributed by atoms with E-state index in [9.17, 15) is 4.79 Å². The molecule has 0 bridgehead atoms. The van der Waals surface area contributed by atoms with Crippen molar-refractivity contribution in [2.24, 2.45) is 5.41 Å². The molecule has 0 unspecified atom stereocenters. The molecule has 0 aliphatic rings. The van der Waals surface area contributed by atoms with Gasteiger partial charge in [-0.05, 0) is 24.9 Å². The van der Waals surface area contributed by atoms with E-state index in [-0.39, 0.29) is 28.6 Å². The van der Waals surface area contributed by atoms with E-state index >= 15 is 0 Å². The second kappa shape index (κ2) is 4.74. The summed E-state index contributed by atoms with van der Waals surface area (Å²) in [5, 5.41) is 2.92. The van der Waals surface area contributed by atoms with Crippen molar-refractivity contribution in [2.75, 3.05) is 12.5 Å². The van der Waals surface area contributed by atoms with Crippen LogP contribution in [0.25, 0.3) is 0 Å². The number of hydrogen-bond donors (Lipinski definition) is 3. The molecule has 0 aromatic rings. The monoisotopic (exact) mass is 206 g/mol. The Hall–Kier alpha value is -0.380. The Morgan fingerprint density at radius 1 is 1.31 bits per heavy atom. The third-order valence-corrected chi connectivity index (χ3v) is 2.62. The standard InChI is InChI=1S/C9H22N2OS/c1-7(9(2,3)4)10-8(12)11-13(5)6/h7,13H,1-6H3,(H2,10,11,12)/t7-/m0/s1. The Morgan fingerprint density at radius 3 is 2.08 bits per heavy atom. The molecule has 2 N–H and O–H groups in total. The van der Waals surface area contributed by atoms with Gasteiger partial charge in [0.1, 0.15) is 0 Å². The van der Waals surface area contributed by atoms with Crippen molar-refractivity contribution < 1.29 is 4.79 Å². The third-order valence-electron chi connectivity index (χ3n) is 1.97. The molecule has 0 heterocycles. The highest BCUT2D eigenvalue weighted by Gasteiger charge is 2.21. The van der Waals surface area contributed by atoms with Crippen LogP contribution in [0.3, 0.4) is 0 Å². The summed E-state index contributed by atoms with van der Waals surface area (Å²) in [7, 11) is 0. The maximum absolute atomic E-state index is 11.3. The average Bonchev–Trinajstić information content (AvgIpc) is 1.82. The van der Waals surface area contributed by atoms with Crippen LogP contribution in [0.15, 0.2) is 0 Å². The van der Waals surface area contributed by atoms with E-state index in [2.05, 4.69) is 30.8 Å². The van der Waals surface area contributed by atoms with Gasteiger partial charge in [-0.2, -0.15) is 11.1 Å². The van der Waals surface area contributed by atoms with Gasteiger partial charge in [-0.1, -0.05) is 20.8 Å². The average molecular weight is 206 g/mol. The van der Waals surface area contributed by atoms with E-state index in [1.54, 1.807) is 0 Å². The maximum Gasteiger partial charge on any atom is 0.323 e. The molecule has 0 aromatic carbocycles. The SMILES string of the molecule is C[C@H](NC(=O)N[SH](C)C)C(C)(C)C. The third kappa shape index (κ3) is 5.80. The highest BCUT2D eigenvalue weighted by atomic mass is 32.2. The first-order valence-corrected chi connectivity index (χ1v) is 6.71. The lowest BCUT2D eigenvalue weighted by molar-refractivity contribution is 0.228.